The number of nitrogens with two attached hydrogens (primary N) is 1. The first-order chi connectivity index (χ1) is 13.1. The van der Waals surface area contributed by atoms with E-state index >= 15 is 0 Å². The van der Waals surface area contributed by atoms with E-state index < -0.39 is 5.91 Å². The lowest BCUT2D eigenvalue weighted by Gasteiger charge is -2.36. The smallest absolute Gasteiger partial charge is 0.251 e. The van der Waals surface area contributed by atoms with Crippen molar-refractivity contribution in [1.82, 2.24) is 9.47 Å². The number of hydrogen-bond donors (Lipinski definition) is 2. The van der Waals surface area contributed by atoms with Gasteiger partial charge in [0.25, 0.3) is 5.91 Å². The highest BCUT2D eigenvalue weighted by Gasteiger charge is 2.30. The largest absolute Gasteiger partial charge is 0.366 e. The Balaban J connectivity index is 1.56. The van der Waals surface area contributed by atoms with Crippen LogP contribution in [0.25, 0.3) is 0 Å². The summed E-state index contributed by atoms with van der Waals surface area (Å²) in [6.07, 6.45) is 2.08. The van der Waals surface area contributed by atoms with E-state index in [1.807, 2.05) is 24.3 Å². The number of anilines is 1. The maximum absolute atomic E-state index is 12.7. The Morgan fingerprint density at radius 1 is 1.11 bits per heavy atom. The molecule has 6 nitrogen and oxygen atoms in total. The summed E-state index contributed by atoms with van der Waals surface area (Å²) in [4.78, 5) is 26.3. The predicted octanol–water partition coefficient (Wildman–Crippen LogP) is 2.69. The topological polar surface area (TPSA) is 80.4 Å². The molecule has 0 fully saturated rings. The number of rotatable bonds is 5. The van der Waals surface area contributed by atoms with Gasteiger partial charge in [0.05, 0.1) is 18.2 Å². The van der Waals surface area contributed by atoms with Crippen LogP contribution in [0, 0.1) is 0 Å². The van der Waals surface area contributed by atoms with Crippen LogP contribution in [0.15, 0.2) is 60.1 Å². The second-order valence-electron chi connectivity index (χ2n) is 6.49. The lowest BCUT2D eigenvalue weighted by atomic mass is 10.00. The standard InChI is InChI=1S/C20H20N4O2S/c21-19(26)15-8-12-27-20(15)22-17(25)13-24-11-10-23-9-4-7-16(23)18(24)14-5-2-1-3-6-14/h1-9,12,18H,10-11,13H2,(H2,21,26)(H,22,25). The quantitative estimate of drug-likeness (QED) is 0.714. The predicted molar refractivity (Wildman–Crippen MR) is 106 cm³/mol. The number of benzene rings is 1. The zero-order chi connectivity index (χ0) is 18.8. The van der Waals surface area contributed by atoms with E-state index in [4.69, 9.17) is 5.73 Å². The fraction of sp³-hybridized carbons (Fsp3) is 0.200. The van der Waals surface area contributed by atoms with Crippen LogP contribution in [0.4, 0.5) is 5.00 Å². The maximum Gasteiger partial charge on any atom is 0.251 e. The summed E-state index contributed by atoms with van der Waals surface area (Å²) in [5.41, 5.74) is 8.04. The summed E-state index contributed by atoms with van der Waals surface area (Å²) in [7, 11) is 0. The minimum Gasteiger partial charge on any atom is -0.366 e. The van der Waals surface area contributed by atoms with Gasteiger partial charge in [-0.15, -0.1) is 11.3 Å². The Hall–Kier alpha value is -2.90. The molecule has 1 unspecified atom stereocenters. The summed E-state index contributed by atoms with van der Waals surface area (Å²) >= 11 is 1.30. The number of nitrogens with zero attached hydrogens (tertiary/aromatic N) is 2. The minimum atomic E-state index is -0.537. The minimum absolute atomic E-state index is 0.0136. The molecule has 3 heterocycles. The molecule has 27 heavy (non-hydrogen) atoms. The number of hydrogen-bond acceptors (Lipinski definition) is 4. The van der Waals surface area contributed by atoms with Crippen LogP contribution in [-0.2, 0) is 11.3 Å². The van der Waals surface area contributed by atoms with Gasteiger partial charge in [-0.25, -0.2) is 0 Å². The summed E-state index contributed by atoms with van der Waals surface area (Å²) in [5.74, 6) is -0.689. The second kappa shape index (κ2) is 7.38. The van der Waals surface area contributed by atoms with Gasteiger partial charge in [0.15, 0.2) is 0 Å². The van der Waals surface area contributed by atoms with Crippen LogP contribution in [0.3, 0.4) is 0 Å². The molecular weight excluding hydrogens is 360 g/mol. The molecule has 3 N–H and O–H groups in total. The highest BCUT2D eigenvalue weighted by atomic mass is 32.1. The third-order valence-corrected chi connectivity index (χ3v) is 5.61. The molecule has 3 aromatic rings. The van der Waals surface area contributed by atoms with Gasteiger partial charge in [-0.1, -0.05) is 30.3 Å². The number of carbonyl (C=O) groups is 2. The van der Waals surface area contributed by atoms with Crippen LogP contribution in [0.5, 0.6) is 0 Å². The summed E-state index contributed by atoms with van der Waals surface area (Å²) < 4.78 is 2.23. The Labute approximate surface area is 161 Å². The highest BCUT2D eigenvalue weighted by molar-refractivity contribution is 7.14. The molecule has 0 radical (unpaired) electrons. The number of amides is 2. The normalized spacial score (nSPS) is 16.7. The first-order valence-corrected chi connectivity index (χ1v) is 9.62. The van der Waals surface area contributed by atoms with Gasteiger partial charge in [0.2, 0.25) is 5.91 Å². The number of aromatic nitrogens is 1. The van der Waals surface area contributed by atoms with Crippen LogP contribution < -0.4 is 11.1 Å². The number of fused-ring (bicyclic) bond motifs is 1. The van der Waals surface area contributed by atoms with E-state index in [-0.39, 0.29) is 18.5 Å². The third-order valence-electron chi connectivity index (χ3n) is 4.78. The van der Waals surface area contributed by atoms with E-state index in [1.165, 1.54) is 17.0 Å². The van der Waals surface area contributed by atoms with Gasteiger partial charge in [0, 0.05) is 25.0 Å². The SMILES string of the molecule is NC(=O)c1ccsc1NC(=O)CN1CCn2cccc2C1c1ccccc1. The highest BCUT2D eigenvalue weighted by Crippen LogP contribution is 2.32. The van der Waals surface area contributed by atoms with Gasteiger partial charge in [-0.3, -0.25) is 14.5 Å². The molecule has 1 aliphatic rings. The Kier molecular flexibility index (Phi) is 4.79. The molecule has 2 amide bonds. The van der Waals surface area contributed by atoms with Crippen molar-refractivity contribution in [2.24, 2.45) is 5.73 Å². The summed E-state index contributed by atoms with van der Waals surface area (Å²) in [6, 6.07) is 16.0. The van der Waals surface area contributed by atoms with Crippen LogP contribution in [0.2, 0.25) is 0 Å². The van der Waals surface area contributed by atoms with Crippen molar-refractivity contribution < 1.29 is 9.59 Å². The number of carbonyl (C=O) groups excluding carboxylic acids is 2. The van der Waals surface area contributed by atoms with Crippen molar-refractivity contribution in [2.45, 2.75) is 12.6 Å². The third kappa shape index (κ3) is 3.51. The van der Waals surface area contributed by atoms with Gasteiger partial charge >= 0.3 is 0 Å². The van der Waals surface area contributed by atoms with Crippen molar-refractivity contribution in [3.63, 3.8) is 0 Å². The molecule has 1 aromatic carbocycles. The zero-order valence-electron chi connectivity index (χ0n) is 14.7. The van der Waals surface area contributed by atoms with Crippen molar-refractivity contribution >= 4 is 28.2 Å². The van der Waals surface area contributed by atoms with E-state index in [9.17, 15) is 9.59 Å². The van der Waals surface area contributed by atoms with Gasteiger partial charge in [0.1, 0.15) is 5.00 Å². The first kappa shape index (κ1) is 17.5. The van der Waals surface area contributed by atoms with Crippen molar-refractivity contribution in [3.05, 3.63) is 76.9 Å². The molecule has 0 bridgehead atoms. The molecule has 138 valence electrons. The lowest BCUT2D eigenvalue weighted by Crippen LogP contribution is -2.42. The van der Waals surface area contributed by atoms with Crippen LogP contribution >= 0.6 is 11.3 Å². The monoisotopic (exact) mass is 380 g/mol. The van der Waals surface area contributed by atoms with E-state index in [0.29, 0.717) is 10.6 Å². The first-order valence-electron chi connectivity index (χ1n) is 8.74. The fourth-order valence-corrected chi connectivity index (χ4v) is 4.38. The number of nitrogens with one attached hydrogen (secondary N) is 1. The fourth-order valence-electron chi connectivity index (χ4n) is 3.57. The number of thiophene rings is 1. The number of primary amides is 1. The Morgan fingerprint density at radius 2 is 1.93 bits per heavy atom. The van der Waals surface area contributed by atoms with E-state index in [1.54, 1.807) is 11.4 Å². The second-order valence-corrected chi connectivity index (χ2v) is 7.40. The molecule has 0 saturated heterocycles. The van der Waals surface area contributed by atoms with E-state index in [0.717, 1.165) is 18.7 Å². The van der Waals surface area contributed by atoms with Gasteiger partial charge in [-0.2, -0.15) is 0 Å². The summed E-state index contributed by atoms with van der Waals surface area (Å²) in [5, 5.41) is 5.09. The van der Waals surface area contributed by atoms with E-state index in [2.05, 4.69) is 39.2 Å². The zero-order valence-corrected chi connectivity index (χ0v) is 15.5. The van der Waals surface area contributed by atoms with Crippen molar-refractivity contribution in [2.75, 3.05) is 18.4 Å². The maximum atomic E-state index is 12.7. The molecule has 1 atom stereocenters. The van der Waals surface area contributed by atoms with Crippen molar-refractivity contribution in [1.29, 1.82) is 0 Å². The summed E-state index contributed by atoms with van der Waals surface area (Å²) in [6.45, 7) is 1.84. The van der Waals surface area contributed by atoms with Gasteiger partial charge < -0.3 is 15.6 Å². The molecule has 0 aliphatic carbocycles. The Morgan fingerprint density at radius 3 is 2.70 bits per heavy atom. The average Bonchev–Trinajstić information content (AvgIpc) is 3.31. The van der Waals surface area contributed by atoms with Crippen LogP contribution in [0.1, 0.15) is 27.7 Å². The molecule has 2 aromatic heterocycles. The van der Waals surface area contributed by atoms with Crippen molar-refractivity contribution in [3.8, 4) is 0 Å². The lowest BCUT2D eigenvalue weighted by molar-refractivity contribution is -0.117. The Bertz CT molecular complexity index is 963. The molecule has 4 rings (SSSR count). The molecular formula is C20H20N4O2S. The van der Waals surface area contributed by atoms with Crippen LogP contribution in [-0.4, -0.2) is 34.4 Å². The average molecular weight is 380 g/mol. The molecule has 7 heteroatoms. The van der Waals surface area contributed by atoms with Gasteiger partial charge in [-0.05, 0) is 29.1 Å². The molecule has 0 spiro atoms. The molecule has 1 aliphatic heterocycles. The molecule has 0 saturated carbocycles.